The van der Waals surface area contributed by atoms with Gasteiger partial charge in [0.1, 0.15) is 17.2 Å². The molecule has 0 saturated carbocycles. The Morgan fingerprint density at radius 1 is 0.609 bits per heavy atom. The number of fused-ring (bicyclic) bond motifs is 6. The van der Waals surface area contributed by atoms with Gasteiger partial charge in [-0.25, -0.2) is 0 Å². The van der Waals surface area contributed by atoms with E-state index < -0.39 is 7.37 Å². The van der Waals surface area contributed by atoms with Crippen LogP contribution in [0.3, 0.4) is 0 Å². The van der Waals surface area contributed by atoms with Crippen molar-refractivity contribution in [2.75, 3.05) is 14.2 Å². The first kappa shape index (κ1) is 28.0. The van der Waals surface area contributed by atoms with E-state index >= 15 is 0 Å². The molecule has 0 bridgehead atoms. The molecule has 46 heavy (non-hydrogen) atoms. The van der Waals surface area contributed by atoms with E-state index in [0.29, 0.717) is 27.9 Å². The summed E-state index contributed by atoms with van der Waals surface area (Å²) in [6.45, 7) is 0. The van der Waals surface area contributed by atoms with Crippen molar-refractivity contribution >= 4 is 51.9 Å². The van der Waals surface area contributed by atoms with E-state index in [2.05, 4.69) is 77.4 Å². The van der Waals surface area contributed by atoms with E-state index in [1.807, 2.05) is 66.7 Å². The molecule has 1 aliphatic rings. The van der Waals surface area contributed by atoms with Gasteiger partial charge in [0.25, 0.3) is 0 Å². The first-order chi connectivity index (χ1) is 22.6. The van der Waals surface area contributed by atoms with E-state index in [9.17, 15) is 4.57 Å². The third-order valence-electron chi connectivity index (χ3n) is 8.66. The molecule has 0 amide bonds. The van der Waals surface area contributed by atoms with E-state index in [4.69, 9.17) is 14.0 Å². The monoisotopic (exact) mass is 619 g/mol. The maximum atomic E-state index is 14.9. The van der Waals surface area contributed by atoms with Crippen LogP contribution in [0.5, 0.6) is 17.2 Å². The molecule has 1 unspecified atom stereocenters. The maximum absolute atomic E-state index is 14.9. The molecule has 1 atom stereocenters. The fourth-order valence-electron chi connectivity index (χ4n) is 6.48. The fourth-order valence-corrected chi connectivity index (χ4v) is 8.90. The molecule has 6 heteroatoms. The Bertz CT molecular complexity index is 2300. The van der Waals surface area contributed by atoms with Crippen LogP contribution in [0.1, 0.15) is 11.1 Å². The maximum Gasteiger partial charge on any atom is 0.311 e. The molecule has 0 N–H and O–H groups in total. The smallest absolute Gasteiger partial charge is 0.311 e. The van der Waals surface area contributed by atoms with Crippen molar-refractivity contribution in [3.8, 4) is 34.1 Å². The van der Waals surface area contributed by atoms with E-state index in [1.54, 1.807) is 20.3 Å². The van der Waals surface area contributed by atoms with Crippen LogP contribution in [0.2, 0.25) is 0 Å². The number of nitrogens with zero attached hydrogens (tertiary/aromatic N) is 1. The zero-order chi connectivity index (χ0) is 31.3. The summed E-state index contributed by atoms with van der Waals surface area (Å²) in [4.78, 5) is 0. The Balaban J connectivity index is 1.16. The van der Waals surface area contributed by atoms with Crippen LogP contribution in [0, 0.1) is 0 Å². The molecular weight excluding hydrogens is 589 g/mol. The number of hydrogen-bond donors (Lipinski definition) is 0. The highest BCUT2D eigenvalue weighted by molar-refractivity contribution is 7.75. The highest BCUT2D eigenvalue weighted by Crippen LogP contribution is 2.55. The van der Waals surface area contributed by atoms with Crippen LogP contribution < -0.4 is 24.6 Å². The lowest BCUT2D eigenvalue weighted by Crippen LogP contribution is -2.26. The van der Waals surface area contributed by atoms with E-state index in [1.165, 1.54) is 21.8 Å². The molecule has 2 heterocycles. The quantitative estimate of drug-likeness (QED) is 0.138. The number of hydrogen-bond acceptors (Lipinski definition) is 4. The Morgan fingerprint density at radius 2 is 1.22 bits per heavy atom. The average Bonchev–Trinajstić information content (AvgIpc) is 3.45. The summed E-state index contributed by atoms with van der Waals surface area (Å²) in [5.74, 6) is 1.63. The van der Waals surface area contributed by atoms with Gasteiger partial charge in [-0.3, -0.25) is 4.57 Å². The lowest BCUT2D eigenvalue weighted by Gasteiger charge is -2.30. The van der Waals surface area contributed by atoms with Gasteiger partial charge in [-0.1, -0.05) is 97.1 Å². The molecule has 1 aromatic heterocycles. The molecular formula is C40H30NO4P. The van der Waals surface area contributed by atoms with Crippen LogP contribution in [0.4, 0.5) is 0 Å². The number of para-hydroxylation sites is 3. The Hall–Kier alpha value is -5.51. The molecule has 0 spiro atoms. The van der Waals surface area contributed by atoms with Crippen LogP contribution in [0.25, 0.3) is 50.8 Å². The van der Waals surface area contributed by atoms with Crippen molar-refractivity contribution in [1.29, 1.82) is 0 Å². The number of aromatic nitrogens is 1. The van der Waals surface area contributed by atoms with Gasteiger partial charge in [0.05, 0.1) is 35.9 Å². The van der Waals surface area contributed by atoms with Crippen molar-refractivity contribution < 1.29 is 18.6 Å². The van der Waals surface area contributed by atoms with Crippen LogP contribution in [0.15, 0.2) is 133 Å². The van der Waals surface area contributed by atoms with Crippen molar-refractivity contribution in [2.24, 2.45) is 0 Å². The second-order valence-corrected chi connectivity index (χ2v) is 13.5. The number of methoxy groups -OCH3 is 2. The van der Waals surface area contributed by atoms with Crippen molar-refractivity contribution in [3.05, 3.63) is 145 Å². The molecule has 0 aliphatic carbocycles. The second kappa shape index (κ2) is 11.1. The van der Waals surface area contributed by atoms with Gasteiger partial charge >= 0.3 is 7.37 Å². The second-order valence-electron chi connectivity index (χ2n) is 11.2. The van der Waals surface area contributed by atoms with Crippen molar-refractivity contribution in [1.82, 2.24) is 4.57 Å². The summed E-state index contributed by atoms with van der Waals surface area (Å²) in [6.07, 6.45) is 4.03. The van der Waals surface area contributed by atoms with Gasteiger partial charge in [0, 0.05) is 27.6 Å². The molecule has 224 valence electrons. The number of rotatable bonds is 6. The van der Waals surface area contributed by atoms with Gasteiger partial charge in [0.2, 0.25) is 0 Å². The normalized spacial score (nSPS) is 15.4. The van der Waals surface area contributed by atoms with E-state index in [-0.39, 0.29) is 0 Å². The summed E-state index contributed by atoms with van der Waals surface area (Å²) < 4.78 is 35.2. The molecule has 0 saturated heterocycles. The van der Waals surface area contributed by atoms with Gasteiger partial charge in [-0.15, -0.1) is 0 Å². The topological polar surface area (TPSA) is 49.7 Å². The SMILES string of the molecule is COc1cc(P2(=O)Oc3ccccc3-c3ccccc32)c(OC)cc1C=Cc1ccc(-n2c3ccccc3c3ccccc32)cc1. The summed E-state index contributed by atoms with van der Waals surface area (Å²) in [5, 5.41) is 3.57. The zero-order valence-corrected chi connectivity index (χ0v) is 26.3. The highest BCUT2D eigenvalue weighted by atomic mass is 31.2. The number of ether oxygens (including phenoxy) is 2. The molecule has 0 radical (unpaired) electrons. The first-order valence-electron chi connectivity index (χ1n) is 15.1. The lowest BCUT2D eigenvalue weighted by molar-refractivity contribution is 0.403. The van der Waals surface area contributed by atoms with Gasteiger partial charge in [0.15, 0.2) is 0 Å². The molecule has 0 fully saturated rings. The minimum Gasteiger partial charge on any atom is -0.496 e. The molecule has 6 aromatic carbocycles. The Morgan fingerprint density at radius 3 is 1.91 bits per heavy atom. The standard InChI is InChI=1S/C40H30NO4P/c1-43-37-26-40(46(42)39-18-10-6-14-33(39)32-13-5-9-17-36(32)45-46)38(44-2)25-28(37)22-19-27-20-23-29(24-21-27)41-34-15-7-3-11-30(34)31-12-4-8-16-35(31)41/h3-26H,1-2H3. The fraction of sp³-hybridized carbons (Fsp3) is 0.0500. The molecule has 5 nitrogen and oxygen atoms in total. The molecule has 7 aromatic rings. The van der Waals surface area contributed by atoms with Crippen molar-refractivity contribution in [2.45, 2.75) is 0 Å². The Kier molecular flexibility index (Phi) is 6.78. The van der Waals surface area contributed by atoms with Gasteiger partial charge in [-0.05, 0) is 59.7 Å². The van der Waals surface area contributed by atoms with Crippen molar-refractivity contribution in [3.63, 3.8) is 0 Å². The Labute approximate surface area is 267 Å². The zero-order valence-electron chi connectivity index (χ0n) is 25.4. The average molecular weight is 620 g/mol. The third-order valence-corrected chi connectivity index (χ3v) is 11.1. The highest BCUT2D eigenvalue weighted by Gasteiger charge is 2.40. The predicted octanol–water partition coefficient (Wildman–Crippen LogP) is 9.26. The summed E-state index contributed by atoms with van der Waals surface area (Å²) in [7, 11) is -0.375. The molecule has 8 rings (SSSR count). The largest absolute Gasteiger partial charge is 0.496 e. The minimum absolute atomic E-state index is 0.460. The summed E-state index contributed by atoms with van der Waals surface area (Å²) in [5.41, 5.74) is 7.08. The van der Waals surface area contributed by atoms with E-state index in [0.717, 1.165) is 27.9 Å². The number of benzene rings is 6. The molecule has 1 aliphatic heterocycles. The third kappa shape index (κ3) is 4.43. The summed E-state index contributed by atoms with van der Waals surface area (Å²) in [6, 6.07) is 44.5. The van der Waals surface area contributed by atoms with Crippen LogP contribution >= 0.6 is 7.37 Å². The van der Waals surface area contributed by atoms with Gasteiger partial charge in [-0.2, -0.15) is 0 Å². The lowest BCUT2D eigenvalue weighted by atomic mass is 10.0. The van der Waals surface area contributed by atoms with Crippen LogP contribution in [-0.2, 0) is 4.57 Å². The van der Waals surface area contributed by atoms with Gasteiger partial charge < -0.3 is 18.6 Å². The van der Waals surface area contributed by atoms with Crippen LogP contribution in [-0.4, -0.2) is 18.8 Å². The summed E-state index contributed by atoms with van der Waals surface area (Å²) >= 11 is 0. The predicted molar refractivity (Wildman–Crippen MR) is 189 cm³/mol. The minimum atomic E-state index is -3.58. The first-order valence-corrected chi connectivity index (χ1v) is 16.7.